The minimum absolute atomic E-state index is 0.681. The van der Waals surface area contributed by atoms with Crippen LogP contribution in [0.3, 0.4) is 0 Å². The molecule has 0 radical (unpaired) electrons. The van der Waals surface area contributed by atoms with Gasteiger partial charge in [-0.2, -0.15) is 0 Å². The van der Waals surface area contributed by atoms with E-state index >= 15 is 0 Å². The normalized spacial score (nSPS) is 42.4. The van der Waals surface area contributed by atoms with Crippen LogP contribution in [-0.4, -0.2) is 16.7 Å². The summed E-state index contributed by atoms with van der Waals surface area (Å²) in [5.41, 5.74) is 0. The summed E-state index contributed by atoms with van der Waals surface area (Å²) in [5, 5.41) is 0. The summed E-state index contributed by atoms with van der Waals surface area (Å²) in [7, 11) is 0. The Hall–Kier alpha value is 1.46. The fourth-order valence-electron chi connectivity index (χ4n) is 1.75. The first kappa shape index (κ1) is 8.08. The van der Waals surface area contributed by atoms with Crippen molar-refractivity contribution in [3.63, 3.8) is 0 Å². The van der Waals surface area contributed by atoms with E-state index in [0.29, 0.717) is 42.4 Å². The standard InChI is InChI=1S/C8H14I2/c1-2-4-8-7(3-1)9-5-6-10-8/h7-8H,1-6H2/q-2. The summed E-state index contributed by atoms with van der Waals surface area (Å²) in [5.74, 6) is 0. The summed E-state index contributed by atoms with van der Waals surface area (Å²) in [4.78, 5) is 0. The Bertz CT molecular complexity index is 87.8. The molecule has 0 N–H and O–H groups in total. The molecule has 1 heterocycles. The Labute approximate surface area is 84.1 Å². The van der Waals surface area contributed by atoms with Crippen LogP contribution in [0.2, 0.25) is 0 Å². The van der Waals surface area contributed by atoms with Crippen molar-refractivity contribution in [1.82, 2.24) is 0 Å². The van der Waals surface area contributed by atoms with Crippen molar-refractivity contribution in [2.75, 3.05) is 8.86 Å². The average molecular weight is 364 g/mol. The van der Waals surface area contributed by atoms with Gasteiger partial charge in [-0.15, -0.1) is 0 Å². The molecule has 0 nitrogen and oxygen atoms in total. The molecule has 2 rings (SSSR count). The molecule has 62 valence electrons. The molecule has 2 heteroatoms. The average Bonchev–Trinajstić information content (AvgIpc) is 2.05. The van der Waals surface area contributed by atoms with Crippen LogP contribution in [0.25, 0.3) is 0 Å². The summed E-state index contributed by atoms with van der Waals surface area (Å²) in [6.45, 7) is 0. The van der Waals surface area contributed by atoms with Gasteiger partial charge in [0.15, 0.2) is 0 Å². The zero-order chi connectivity index (χ0) is 6.81. The summed E-state index contributed by atoms with van der Waals surface area (Å²) in [6, 6.07) is 0. The van der Waals surface area contributed by atoms with Gasteiger partial charge in [-0.1, -0.05) is 0 Å². The number of rotatable bonds is 0. The van der Waals surface area contributed by atoms with Crippen molar-refractivity contribution in [3.05, 3.63) is 0 Å². The van der Waals surface area contributed by atoms with Crippen LogP contribution < -0.4 is 42.4 Å². The van der Waals surface area contributed by atoms with E-state index in [-0.39, 0.29) is 0 Å². The van der Waals surface area contributed by atoms with E-state index in [2.05, 4.69) is 0 Å². The summed E-state index contributed by atoms with van der Waals surface area (Å²) in [6.07, 6.45) is 6.42. The van der Waals surface area contributed by atoms with Crippen molar-refractivity contribution in [3.8, 4) is 0 Å². The van der Waals surface area contributed by atoms with Gasteiger partial charge in [-0.05, 0) is 0 Å². The van der Waals surface area contributed by atoms with Gasteiger partial charge >= 0.3 is 84.8 Å². The SMILES string of the molecule is C1CCC2[I-]CC[I-]C2C1. The monoisotopic (exact) mass is 364 g/mol. The van der Waals surface area contributed by atoms with Gasteiger partial charge in [0.1, 0.15) is 0 Å². The van der Waals surface area contributed by atoms with E-state index < -0.39 is 0 Å². The van der Waals surface area contributed by atoms with Crippen LogP contribution in [0.4, 0.5) is 0 Å². The maximum absolute atomic E-state index is 1.69. The van der Waals surface area contributed by atoms with Gasteiger partial charge in [0.2, 0.25) is 0 Å². The first-order valence-corrected chi connectivity index (χ1v) is 9.66. The molecule has 1 saturated heterocycles. The Balaban J connectivity index is 1.93. The van der Waals surface area contributed by atoms with Gasteiger partial charge in [0, 0.05) is 0 Å². The number of fused-ring (bicyclic) bond motifs is 1. The number of hydrogen-bond donors (Lipinski definition) is 0. The Kier molecular flexibility index (Phi) is 3.16. The summed E-state index contributed by atoms with van der Waals surface area (Å²) < 4.78 is 6.00. The van der Waals surface area contributed by atoms with Gasteiger partial charge in [0.05, 0.1) is 0 Å². The van der Waals surface area contributed by atoms with E-state index in [9.17, 15) is 0 Å². The molecule has 1 aliphatic carbocycles. The first-order valence-electron chi connectivity index (χ1n) is 4.12. The van der Waals surface area contributed by atoms with Crippen LogP contribution in [0.5, 0.6) is 0 Å². The molecule has 2 unspecified atom stereocenters. The molecular weight excluding hydrogens is 350 g/mol. The van der Waals surface area contributed by atoms with Gasteiger partial charge in [-0.3, -0.25) is 0 Å². The molecule has 0 aromatic carbocycles. The number of hydrogen-bond acceptors (Lipinski definition) is 0. The van der Waals surface area contributed by atoms with Crippen LogP contribution in [0.15, 0.2) is 0 Å². The number of halogens is 2. The topological polar surface area (TPSA) is 0 Å². The molecule has 0 aromatic rings. The molecular formula is C8H14I2-2. The molecule has 10 heavy (non-hydrogen) atoms. The second-order valence-electron chi connectivity index (χ2n) is 3.00. The van der Waals surface area contributed by atoms with Gasteiger partial charge in [0.25, 0.3) is 0 Å². The third kappa shape index (κ3) is 1.79. The quantitative estimate of drug-likeness (QED) is 0.300. The van der Waals surface area contributed by atoms with E-state index in [4.69, 9.17) is 0 Å². The predicted molar refractivity (Wildman–Crippen MR) is 35.8 cm³/mol. The van der Waals surface area contributed by atoms with Crippen molar-refractivity contribution in [2.24, 2.45) is 0 Å². The van der Waals surface area contributed by atoms with Crippen molar-refractivity contribution in [1.29, 1.82) is 0 Å². The van der Waals surface area contributed by atoms with Crippen LogP contribution >= 0.6 is 0 Å². The van der Waals surface area contributed by atoms with Crippen molar-refractivity contribution >= 4 is 0 Å². The Morgan fingerprint density at radius 1 is 0.800 bits per heavy atom. The Morgan fingerprint density at radius 2 is 1.30 bits per heavy atom. The van der Waals surface area contributed by atoms with E-state index in [0.717, 1.165) is 0 Å². The molecule has 0 aromatic heterocycles. The molecule has 1 aliphatic heterocycles. The van der Waals surface area contributed by atoms with Gasteiger partial charge in [-0.25, -0.2) is 0 Å². The predicted octanol–water partition coefficient (Wildman–Crippen LogP) is -4.51. The fraction of sp³-hybridized carbons (Fsp3) is 1.00. The second-order valence-corrected chi connectivity index (χ2v) is 10.1. The zero-order valence-corrected chi connectivity index (χ0v) is 10.5. The molecule has 0 amide bonds. The minimum atomic E-state index is 0.681. The van der Waals surface area contributed by atoms with Crippen LogP contribution in [0, 0.1) is 0 Å². The van der Waals surface area contributed by atoms with Crippen molar-refractivity contribution < 1.29 is 42.4 Å². The first-order chi connectivity index (χ1) is 4.97. The second kappa shape index (κ2) is 3.92. The van der Waals surface area contributed by atoms with E-state index in [1.807, 2.05) is 0 Å². The van der Waals surface area contributed by atoms with Crippen LogP contribution in [-0.2, 0) is 0 Å². The third-order valence-electron chi connectivity index (χ3n) is 2.29. The summed E-state index contributed by atoms with van der Waals surface area (Å²) >= 11 is 1.36. The van der Waals surface area contributed by atoms with Crippen LogP contribution in [0.1, 0.15) is 25.7 Å². The van der Waals surface area contributed by atoms with E-state index in [1.165, 1.54) is 7.85 Å². The molecule has 2 atom stereocenters. The van der Waals surface area contributed by atoms with E-state index in [1.54, 1.807) is 34.5 Å². The van der Waals surface area contributed by atoms with Gasteiger partial charge < -0.3 is 0 Å². The molecule has 0 spiro atoms. The molecule has 0 bridgehead atoms. The maximum atomic E-state index is 1.69. The molecule has 2 aliphatic rings. The zero-order valence-electron chi connectivity index (χ0n) is 6.15. The third-order valence-corrected chi connectivity index (χ3v) is 13.3. The molecule has 1 saturated carbocycles. The molecule has 2 fully saturated rings. The fourth-order valence-corrected chi connectivity index (χ4v) is 13.1. The number of alkyl halides is 4. The van der Waals surface area contributed by atoms with Crippen molar-refractivity contribution in [2.45, 2.75) is 33.5 Å². The Morgan fingerprint density at radius 3 is 1.80 bits per heavy atom.